The van der Waals surface area contributed by atoms with Gasteiger partial charge >= 0.3 is 5.97 Å². The molecule has 3 aromatic rings. The second-order valence-corrected chi connectivity index (χ2v) is 10.6. The highest BCUT2D eigenvalue weighted by atomic mass is 35.5. The van der Waals surface area contributed by atoms with E-state index in [2.05, 4.69) is 5.32 Å². The first-order valence-electron chi connectivity index (χ1n) is 10.7. The lowest BCUT2D eigenvalue weighted by molar-refractivity contribution is -0.150. The molecule has 0 spiro atoms. The molecule has 178 valence electrons. The number of benzene rings is 2. The van der Waals surface area contributed by atoms with E-state index in [-0.39, 0.29) is 18.0 Å². The number of carbonyl (C=O) groups is 3. The Morgan fingerprint density at radius 3 is 2.63 bits per heavy atom. The molecule has 1 aromatic heterocycles. The number of thioether (sulfide) groups is 2. The van der Waals surface area contributed by atoms with Crippen molar-refractivity contribution >= 4 is 52.9 Å². The Balaban J connectivity index is 1.33. The highest BCUT2D eigenvalue weighted by molar-refractivity contribution is 8.06. The van der Waals surface area contributed by atoms with Gasteiger partial charge in [-0.3, -0.25) is 14.5 Å². The molecule has 2 aromatic carbocycles. The summed E-state index contributed by atoms with van der Waals surface area (Å²) in [6.07, 6.45) is 1.69. The number of halogens is 1. The SMILES string of the molecule is O=C(Cc1ccc(Cl)cc1)N[C@@H]1C(=O)N2C(C(=O)O)=C(Sc3ccccc3-c3ccco3)CS[C@@H]12. The Bertz CT molecular complexity index is 1320. The molecule has 0 aliphatic carbocycles. The van der Waals surface area contributed by atoms with Crippen molar-refractivity contribution in [2.75, 3.05) is 5.75 Å². The number of carboxylic acid groups (broad SMARTS) is 1. The van der Waals surface area contributed by atoms with Crippen LogP contribution in [0.25, 0.3) is 11.3 Å². The Morgan fingerprint density at radius 2 is 1.91 bits per heavy atom. The molecule has 35 heavy (non-hydrogen) atoms. The maximum absolute atomic E-state index is 13.0. The summed E-state index contributed by atoms with van der Waals surface area (Å²) in [6, 6.07) is 17.3. The molecular formula is C25H19ClN2O5S2. The average molecular weight is 527 g/mol. The van der Waals surface area contributed by atoms with E-state index in [9.17, 15) is 19.5 Å². The molecule has 0 unspecified atom stereocenters. The van der Waals surface area contributed by atoms with Gasteiger partial charge in [0.1, 0.15) is 22.9 Å². The van der Waals surface area contributed by atoms with Gasteiger partial charge in [0, 0.05) is 26.1 Å². The van der Waals surface area contributed by atoms with Gasteiger partial charge in [0.25, 0.3) is 5.91 Å². The van der Waals surface area contributed by atoms with E-state index in [4.69, 9.17) is 16.0 Å². The van der Waals surface area contributed by atoms with Crippen molar-refractivity contribution in [2.24, 2.45) is 0 Å². The van der Waals surface area contributed by atoms with Crippen LogP contribution in [0.4, 0.5) is 0 Å². The number of carbonyl (C=O) groups excluding carboxylic acids is 2. The number of fused-ring (bicyclic) bond motifs is 1. The Morgan fingerprint density at radius 1 is 1.14 bits per heavy atom. The summed E-state index contributed by atoms with van der Waals surface area (Å²) in [6.45, 7) is 0. The second-order valence-electron chi connectivity index (χ2n) is 7.91. The van der Waals surface area contributed by atoms with Crippen molar-refractivity contribution in [3.05, 3.63) is 88.1 Å². The molecule has 5 rings (SSSR count). The van der Waals surface area contributed by atoms with Crippen LogP contribution in [0.3, 0.4) is 0 Å². The van der Waals surface area contributed by atoms with E-state index in [1.54, 1.807) is 36.6 Å². The van der Waals surface area contributed by atoms with Gasteiger partial charge in [-0.05, 0) is 35.9 Å². The van der Waals surface area contributed by atoms with Crippen LogP contribution >= 0.6 is 35.1 Å². The van der Waals surface area contributed by atoms with Crippen molar-refractivity contribution in [2.45, 2.75) is 22.7 Å². The zero-order valence-electron chi connectivity index (χ0n) is 18.1. The van der Waals surface area contributed by atoms with Gasteiger partial charge in [-0.15, -0.1) is 11.8 Å². The molecular weight excluding hydrogens is 508 g/mol. The minimum Gasteiger partial charge on any atom is -0.477 e. The summed E-state index contributed by atoms with van der Waals surface area (Å²) in [7, 11) is 0. The Kier molecular flexibility index (Phi) is 6.64. The highest BCUT2D eigenvalue weighted by Gasteiger charge is 2.54. The van der Waals surface area contributed by atoms with Crippen LogP contribution in [0.5, 0.6) is 0 Å². The van der Waals surface area contributed by atoms with E-state index in [0.717, 1.165) is 16.0 Å². The fraction of sp³-hybridized carbons (Fsp3) is 0.160. The fourth-order valence-corrected chi connectivity index (χ4v) is 6.74. The van der Waals surface area contributed by atoms with Crippen LogP contribution < -0.4 is 5.32 Å². The summed E-state index contributed by atoms with van der Waals surface area (Å²) >= 11 is 8.63. The van der Waals surface area contributed by atoms with Gasteiger partial charge in [0.15, 0.2) is 0 Å². The summed E-state index contributed by atoms with van der Waals surface area (Å²) in [5, 5.41) is 12.8. The number of rotatable bonds is 7. The first-order valence-corrected chi connectivity index (χ1v) is 12.9. The third-order valence-corrected chi connectivity index (χ3v) is 8.51. The van der Waals surface area contributed by atoms with Crippen molar-refractivity contribution < 1.29 is 23.9 Å². The number of nitrogens with zero attached hydrogens (tertiary/aromatic N) is 1. The van der Waals surface area contributed by atoms with Gasteiger partial charge < -0.3 is 14.8 Å². The predicted octanol–water partition coefficient (Wildman–Crippen LogP) is 4.63. The first-order chi connectivity index (χ1) is 16.9. The fourth-order valence-electron chi connectivity index (χ4n) is 4.01. The molecule has 2 atom stereocenters. The van der Waals surface area contributed by atoms with Gasteiger partial charge in [-0.2, -0.15) is 0 Å². The first kappa shape index (κ1) is 23.6. The van der Waals surface area contributed by atoms with Crippen LogP contribution in [0.15, 0.2) is 86.8 Å². The molecule has 2 N–H and O–H groups in total. The summed E-state index contributed by atoms with van der Waals surface area (Å²) < 4.78 is 5.53. The number of hydrogen-bond acceptors (Lipinski definition) is 6. The zero-order chi connectivity index (χ0) is 24.5. The second kappa shape index (κ2) is 9.85. The van der Waals surface area contributed by atoms with E-state index < -0.39 is 23.3 Å². The topological polar surface area (TPSA) is 99.9 Å². The van der Waals surface area contributed by atoms with E-state index in [0.29, 0.717) is 21.4 Å². The molecule has 2 amide bonds. The van der Waals surface area contributed by atoms with Crippen LogP contribution in [-0.2, 0) is 20.8 Å². The van der Waals surface area contributed by atoms with Crippen molar-refractivity contribution in [1.82, 2.24) is 10.2 Å². The van der Waals surface area contributed by atoms with Gasteiger partial charge in [-0.25, -0.2) is 4.79 Å². The van der Waals surface area contributed by atoms with Gasteiger partial charge in [0.05, 0.1) is 12.7 Å². The number of β-lactam (4-membered cyclic amide) rings is 1. The molecule has 7 nitrogen and oxygen atoms in total. The normalized spacial score (nSPS) is 19.2. The lowest BCUT2D eigenvalue weighted by Crippen LogP contribution is -2.70. The maximum atomic E-state index is 13.0. The Hall–Kier alpha value is -3.14. The smallest absolute Gasteiger partial charge is 0.353 e. The summed E-state index contributed by atoms with van der Waals surface area (Å²) in [5.74, 6) is -0.833. The zero-order valence-corrected chi connectivity index (χ0v) is 20.5. The van der Waals surface area contributed by atoms with Crippen LogP contribution in [0, 0.1) is 0 Å². The highest BCUT2D eigenvalue weighted by Crippen LogP contribution is 2.46. The standard InChI is InChI=1S/C25H19ClN2O5S2/c26-15-9-7-14(8-10-15)12-20(29)27-21-23(30)28-22(25(31)32)19(13-34-24(21)28)35-18-6-2-1-4-16(18)17-5-3-11-33-17/h1-11,21,24H,12-13H2,(H,27,29)(H,31,32)/t21-,24+/m1/s1. The van der Waals surface area contributed by atoms with E-state index in [1.807, 2.05) is 30.3 Å². The molecule has 0 saturated carbocycles. The summed E-state index contributed by atoms with van der Waals surface area (Å²) in [5.41, 5.74) is 1.57. The van der Waals surface area contributed by atoms with E-state index in [1.165, 1.54) is 28.4 Å². The molecule has 10 heteroatoms. The largest absolute Gasteiger partial charge is 0.477 e. The average Bonchev–Trinajstić information content (AvgIpc) is 3.39. The van der Waals surface area contributed by atoms with Crippen molar-refractivity contribution in [1.29, 1.82) is 0 Å². The number of furan rings is 1. The number of amides is 2. The van der Waals surface area contributed by atoms with Crippen molar-refractivity contribution in [3.63, 3.8) is 0 Å². The molecule has 0 bridgehead atoms. The van der Waals surface area contributed by atoms with E-state index >= 15 is 0 Å². The third kappa shape index (κ3) is 4.71. The molecule has 1 saturated heterocycles. The minimum atomic E-state index is -1.17. The molecule has 2 aliphatic rings. The van der Waals surface area contributed by atoms with Gasteiger partial charge in [-0.1, -0.05) is 53.7 Å². The number of carboxylic acids is 1. The lowest BCUT2D eigenvalue weighted by atomic mass is 10.0. The molecule has 1 fully saturated rings. The maximum Gasteiger partial charge on any atom is 0.353 e. The van der Waals surface area contributed by atoms with Crippen LogP contribution in [0.1, 0.15) is 5.56 Å². The monoisotopic (exact) mass is 526 g/mol. The summed E-state index contributed by atoms with van der Waals surface area (Å²) in [4.78, 5) is 40.4. The molecule has 3 heterocycles. The number of aliphatic carboxylic acids is 1. The van der Waals surface area contributed by atoms with Crippen LogP contribution in [-0.4, -0.2) is 45.0 Å². The number of nitrogens with one attached hydrogen (secondary N) is 1. The Labute approximate surface area is 214 Å². The van der Waals surface area contributed by atoms with Gasteiger partial charge in [0.2, 0.25) is 5.91 Å². The van der Waals surface area contributed by atoms with Crippen molar-refractivity contribution in [3.8, 4) is 11.3 Å². The predicted molar refractivity (Wildman–Crippen MR) is 135 cm³/mol. The molecule has 2 aliphatic heterocycles. The lowest BCUT2D eigenvalue weighted by Gasteiger charge is -2.49. The quantitative estimate of drug-likeness (QED) is 0.433. The molecule has 0 radical (unpaired) electrons. The minimum absolute atomic E-state index is 0.0406. The third-order valence-electron chi connectivity index (χ3n) is 5.64. The van der Waals surface area contributed by atoms with Crippen LogP contribution in [0.2, 0.25) is 5.02 Å². The number of hydrogen-bond donors (Lipinski definition) is 2.